The lowest BCUT2D eigenvalue weighted by molar-refractivity contribution is -0.148. The van der Waals surface area contributed by atoms with Crippen LogP contribution in [0.1, 0.15) is 12.0 Å². The van der Waals surface area contributed by atoms with E-state index in [4.69, 9.17) is 9.84 Å². The Morgan fingerprint density at radius 1 is 1.38 bits per heavy atom. The number of carbonyl (C=O) groups excluding carboxylic acids is 1. The molecule has 2 N–H and O–H groups in total. The molecule has 112 valence electrons. The van der Waals surface area contributed by atoms with Gasteiger partial charge in [0.1, 0.15) is 6.04 Å². The third-order valence-electron chi connectivity index (χ3n) is 3.92. The Hall–Kier alpha value is -2.08. The summed E-state index contributed by atoms with van der Waals surface area (Å²) in [6.07, 6.45) is 0.196. The Labute approximate surface area is 122 Å². The number of hydrogen-bond acceptors (Lipinski definition) is 4. The SMILES string of the molecule is O=C(O)CC1CN(C(=O)[C@@H]2Cc3ccccc3N2)CCO1. The highest BCUT2D eigenvalue weighted by atomic mass is 16.5. The number of carboxylic acid groups (broad SMARTS) is 1. The second-order valence-electron chi connectivity index (χ2n) is 5.43. The molecule has 1 amide bonds. The number of amides is 1. The van der Waals surface area contributed by atoms with Crippen molar-refractivity contribution in [3.05, 3.63) is 29.8 Å². The van der Waals surface area contributed by atoms with Crippen LogP contribution in [0.25, 0.3) is 0 Å². The van der Waals surface area contributed by atoms with Crippen LogP contribution in [0.5, 0.6) is 0 Å². The van der Waals surface area contributed by atoms with E-state index >= 15 is 0 Å². The van der Waals surface area contributed by atoms with Crippen molar-refractivity contribution in [2.75, 3.05) is 25.0 Å². The maximum atomic E-state index is 12.6. The highest BCUT2D eigenvalue weighted by molar-refractivity contribution is 5.87. The number of carbonyl (C=O) groups is 2. The molecule has 1 unspecified atom stereocenters. The number of rotatable bonds is 3. The van der Waals surface area contributed by atoms with Crippen molar-refractivity contribution in [3.8, 4) is 0 Å². The van der Waals surface area contributed by atoms with Crippen molar-refractivity contribution in [1.29, 1.82) is 0 Å². The molecule has 0 radical (unpaired) electrons. The first-order valence-corrected chi connectivity index (χ1v) is 7.10. The third kappa shape index (κ3) is 3.00. The Morgan fingerprint density at radius 2 is 2.19 bits per heavy atom. The summed E-state index contributed by atoms with van der Waals surface area (Å²) in [5.74, 6) is -0.884. The maximum Gasteiger partial charge on any atom is 0.306 e. The van der Waals surface area contributed by atoms with Gasteiger partial charge in [-0.3, -0.25) is 9.59 Å². The van der Waals surface area contributed by atoms with Crippen molar-refractivity contribution in [2.24, 2.45) is 0 Å². The summed E-state index contributed by atoms with van der Waals surface area (Å²) < 4.78 is 5.40. The van der Waals surface area contributed by atoms with Crippen LogP contribution in [0, 0.1) is 0 Å². The minimum absolute atomic E-state index is 0.0184. The molecule has 1 aromatic rings. The van der Waals surface area contributed by atoms with Gasteiger partial charge in [0.05, 0.1) is 19.1 Å². The van der Waals surface area contributed by atoms with E-state index < -0.39 is 12.1 Å². The largest absolute Gasteiger partial charge is 0.481 e. The van der Waals surface area contributed by atoms with Crippen LogP contribution in [0.4, 0.5) is 5.69 Å². The molecule has 2 atom stereocenters. The predicted octanol–water partition coefficient (Wildman–Crippen LogP) is 0.725. The van der Waals surface area contributed by atoms with Crippen LogP contribution in [-0.4, -0.2) is 53.7 Å². The van der Waals surface area contributed by atoms with Gasteiger partial charge in [-0.05, 0) is 11.6 Å². The smallest absolute Gasteiger partial charge is 0.306 e. The zero-order valence-corrected chi connectivity index (χ0v) is 11.6. The number of morpholine rings is 1. The molecule has 0 aromatic heterocycles. The molecule has 2 aliphatic rings. The molecule has 1 aromatic carbocycles. The first kappa shape index (κ1) is 13.9. The predicted molar refractivity (Wildman–Crippen MR) is 76.1 cm³/mol. The van der Waals surface area contributed by atoms with Gasteiger partial charge < -0.3 is 20.1 Å². The van der Waals surface area contributed by atoms with E-state index in [0.717, 1.165) is 11.3 Å². The number of ether oxygens (including phenoxy) is 1. The lowest BCUT2D eigenvalue weighted by Crippen LogP contribution is -2.51. The number of aliphatic carboxylic acids is 1. The van der Waals surface area contributed by atoms with Gasteiger partial charge in [-0.15, -0.1) is 0 Å². The number of carboxylic acids is 1. The summed E-state index contributed by atoms with van der Waals surface area (Å²) in [7, 11) is 0. The van der Waals surface area contributed by atoms with Crippen molar-refractivity contribution in [3.63, 3.8) is 0 Å². The minimum Gasteiger partial charge on any atom is -0.481 e. The van der Waals surface area contributed by atoms with Crippen LogP contribution in [0.3, 0.4) is 0 Å². The molecular weight excluding hydrogens is 272 g/mol. The zero-order valence-electron chi connectivity index (χ0n) is 11.6. The Balaban J connectivity index is 1.62. The second-order valence-corrected chi connectivity index (χ2v) is 5.43. The van der Waals surface area contributed by atoms with Crippen molar-refractivity contribution < 1.29 is 19.4 Å². The fraction of sp³-hybridized carbons (Fsp3) is 0.467. The molecule has 0 saturated carbocycles. The molecule has 0 bridgehead atoms. The molecule has 21 heavy (non-hydrogen) atoms. The normalized spacial score (nSPS) is 24.3. The number of para-hydroxylation sites is 1. The highest BCUT2D eigenvalue weighted by Crippen LogP contribution is 2.26. The molecule has 6 nitrogen and oxygen atoms in total. The monoisotopic (exact) mass is 290 g/mol. The fourth-order valence-electron chi connectivity index (χ4n) is 2.90. The Bertz CT molecular complexity index is 535. The molecule has 2 heterocycles. The number of nitrogens with one attached hydrogen (secondary N) is 1. The van der Waals surface area contributed by atoms with Crippen LogP contribution >= 0.6 is 0 Å². The first-order chi connectivity index (χ1) is 10.1. The maximum absolute atomic E-state index is 12.6. The molecular formula is C15H18N2O4. The Morgan fingerprint density at radius 3 is 2.95 bits per heavy atom. The summed E-state index contributed by atoms with van der Waals surface area (Å²) in [6.45, 7) is 1.26. The molecule has 0 aliphatic carbocycles. The van der Waals surface area contributed by atoms with E-state index in [1.54, 1.807) is 4.90 Å². The van der Waals surface area contributed by atoms with Crippen LogP contribution in [0.2, 0.25) is 0 Å². The molecule has 1 saturated heterocycles. The van der Waals surface area contributed by atoms with Gasteiger partial charge in [0.25, 0.3) is 0 Å². The standard InChI is InChI=1S/C15H18N2O4/c18-14(19)8-11-9-17(5-6-21-11)15(20)13-7-10-3-1-2-4-12(10)16-13/h1-4,11,13,16H,5-9H2,(H,18,19)/t11?,13-/m0/s1. The summed E-state index contributed by atoms with van der Waals surface area (Å²) >= 11 is 0. The molecule has 6 heteroatoms. The van der Waals surface area contributed by atoms with Gasteiger partial charge in [-0.1, -0.05) is 18.2 Å². The Kier molecular flexibility index (Phi) is 3.79. The summed E-state index contributed by atoms with van der Waals surface area (Å²) in [4.78, 5) is 25.0. The lowest BCUT2D eigenvalue weighted by atomic mass is 10.1. The second kappa shape index (κ2) is 5.73. The van der Waals surface area contributed by atoms with E-state index in [9.17, 15) is 9.59 Å². The number of nitrogens with zero attached hydrogens (tertiary/aromatic N) is 1. The number of hydrogen-bond donors (Lipinski definition) is 2. The number of fused-ring (bicyclic) bond motifs is 1. The van der Waals surface area contributed by atoms with Crippen LogP contribution < -0.4 is 5.32 Å². The van der Waals surface area contributed by atoms with Crippen molar-refractivity contribution in [1.82, 2.24) is 4.90 Å². The first-order valence-electron chi connectivity index (χ1n) is 7.10. The molecule has 0 spiro atoms. The average Bonchev–Trinajstić information content (AvgIpc) is 2.90. The minimum atomic E-state index is -0.902. The van der Waals surface area contributed by atoms with Gasteiger partial charge in [0.15, 0.2) is 0 Å². The molecule has 3 rings (SSSR count). The highest BCUT2D eigenvalue weighted by Gasteiger charge is 2.33. The van der Waals surface area contributed by atoms with Gasteiger partial charge in [-0.25, -0.2) is 0 Å². The zero-order chi connectivity index (χ0) is 14.8. The summed E-state index contributed by atoms with van der Waals surface area (Å²) in [6, 6.07) is 7.63. The van der Waals surface area contributed by atoms with Gasteiger partial charge in [0, 0.05) is 25.2 Å². The van der Waals surface area contributed by atoms with E-state index in [2.05, 4.69) is 5.32 Å². The van der Waals surface area contributed by atoms with Crippen LogP contribution in [-0.2, 0) is 20.7 Å². The number of anilines is 1. The topological polar surface area (TPSA) is 78.9 Å². The van der Waals surface area contributed by atoms with E-state index in [1.807, 2.05) is 24.3 Å². The quantitative estimate of drug-likeness (QED) is 0.858. The van der Waals surface area contributed by atoms with Crippen molar-refractivity contribution >= 4 is 17.6 Å². The summed E-state index contributed by atoms with van der Waals surface area (Å²) in [5, 5.41) is 12.1. The molecule has 2 aliphatic heterocycles. The van der Waals surface area contributed by atoms with E-state index in [0.29, 0.717) is 26.1 Å². The van der Waals surface area contributed by atoms with Gasteiger partial charge in [-0.2, -0.15) is 0 Å². The fourth-order valence-corrected chi connectivity index (χ4v) is 2.90. The molecule has 1 fully saturated rings. The average molecular weight is 290 g/mol. The lowest BCUT2D eigenvalue weighted by Gasteiger charge is -2.33. The van der Waals surface area contributed by atoms with Crippen LogP contribution in [0.15, 0.2) is 24.3 Å². The summed E-state index contributed by atoms with van der Waals surface area (Å²) in [5.41, 5.74) is 2.15. The van der Waals surface area contributed by atoms with Crippen molar-refractivity contribution in [2.45, 2.75) is 25.0 Å². The van der Waals surface area contributed by atoms with Gasteiger partial charge in [0.2, 0.25) is 5.91 Å². The third-order valence-corrected chi connectivity index (χ3v) is 3.92. The number of benzene rings is 1. The van der Waals surface area contributed by atoms with E-state index in [1.165, 1.54) is 0 Å². The van der Waals surface area contributed by atoms with E-state index in [-0.39, 0.29) is 18.4 Å². The van der Waals surface area contributed by atoms with Gasteiger partial charge >= 0.3 is 5.97 Å².